The van der Waals surface area contributed by atoms with Gasteiger partial charge in [-0.1, -0.05) is 56.2 Å². The standard InChI is InChI=1S/C10H8O3S.C5H11.Na/c11-14(12,13)10-7-3-5-8-4-1-2-6-9(8)10;1-3-5-4-2;/h1-7H,(H,11,12,13);1,3-5H2,2H3;/q;-1;+1. The van der Waals surface area contributed by atoms with Crippen molar-refractivity contribution in [3.63, 3.8) is 0 Å². The molecule has 0 aliphatic carbocycles. The predicted octanol–water partition coefficient (Wildman–Crippen LogP) is 1.10. The van der Waals surface area contributed by atoms with Gasteiger partial charge in [0.2, 0.25) is 0 Å². The third-order valence-electron chi connectivity index (χ3n) is 2.63. The van der Waals surface area contributed by atoms with Crippen LogP contribution in [0.4, 0.5) is 0 Å². The van der Waals surface area contributed by atoms with Gasteiger partial charge in [0.25, 0.3) is 10.1 Å². The van der Waals surface area contributed by atoms with Gasteiger partial charge in [-0.05, 0) is 11.5 Å². The molecule has 0 spiro atoms. The Hall–Kier alpha value is -0.390. The van der Waals surface area contributed by atoms with Crippen LogP contribution in [0.2, 0.25) is 0 Å². The monoisotopic (exact) mass is 302 g/mol. The number of unbranched alkanes of at least 4 members (excludes halogenated alkanes) is 2. The van der Waals surface area contributed by atoms with Crippen molar-refractivity contribution < 1.29 is 42.5 Å². The third-order valence-corrected chi connectivity index (χ3v) is 3.54. The summed E-state index contributed by atoms with van der Waals surface area (Å²) in [7, 11) is -4.13. The van der Waals surface area contributed by atoms with Crippen LogP contribution in [0.3, 0.4) is 0 Å². The Morgan fingerprint density at radius 3 is 2.20 bits per heavy atom. The zero-order chi connectivity index (χ0) is 14.3. The quantitative estimate of drug-likeness (QED) is 0.525. The largest absolute Gasteiger partial charge is 1.00 e. The molecule has 2 rings (SSSR count). The first-order valence-corrected chi connectivity index (χ1v) is 7.69. The summed E-state index contributed by atoms with van der Waals surface area (Å²) in [6.07, 6.45) is 3.65. The fourth-order valence-electron chi connectivity index (χ4n) is 1.67. The minimum absolute atomic E-state index is 0. The second-order valence-corrected chi connectivity index (χ2v) is 5.55. The molecule has 0 bridgehead atoms. The van der Waals surface area contributed by atoms with Crippen LogP contribution >= 0.6 is 0 Å². The van der Waals surface area contributed by atoms with Gasteiger partial charge in [0.05, 0.1) is 0 Å². The van der Waals surface area contributed by atoms with E-state index in [4.69, 9.17) is 4.55 Å². The van der Waals surface area contributed by atoms with Crippen LogP contribution in [0.25, 0.3) is 10.8 Å². The van der Waals surface area contributed by atoms with Gasteiger partial charge in [-0.3, -0.25) is 4.55 Å². The molecule has 0 aliphatic rings. The van der Waals surface area contributed by atoms with E-state index in [2.05, 4.69) is 13.8 Å². The van der Waals surface area contributed by atoms with Crippen LogP contribution in [0.15, 0.2) is 47.4 Å². The molecule has 20 heavy (non-hydrogen) atoms. The molecule has 0 aromatic heterocycles. The molecule has 0 saturated heterocycles. The van der Waals surface area contributed by atoms with Crippen molar-refractivity contribution in [3.8, 4) is 0 Å². The van der Waals surface area contributed by atoms with Crippen LogP contribution in [0, 0.1) is 6.92 Å². The normalized spacial score (nSPS) is 10.3. The van der Waals surface area contributed by atoms with E-state index in [9.17, 15) is 8.42 Å². The summed E-state index contributed by atoms with van der Waals surface area (Å²) in [5.41, 5.74) is 0. The van der Waals surface area contributed by atoms with Crippen molar-refractivity contribution in [2.24, 2.45) is 0 Å². The van der Waals surface area contributed by atoms with Crippen molar-refractivity contribution in [1.29, 1.82) is 0 Å². The molecular weight excluding hydrogens is 283 g/mol. The summed E-state index contributed by atoms with van der Waals surface area (Å²) >= 11 is 0. The third kappa shape index (κ3) is 5.94. The van der Waals surface area contributed by atoms with E-state index in [1.54, 1.807) is 30.3 Å². The molecule has 0 fully saturated rings. The van der Waals surface area contributed by atoms with Crippen molar-refractivity contribution in [1.82, 2.24) is 0 Å². The Morgan fingerprint density at radius 2 is 1.70 bits per heavy atom. The maximum absolute atomic E-state index is 11.0. The van der Waals surface area contributed by atoms with Gasteiger partial charge in [0.15, 0.2) is 0 Å². The molecule has 0 aliphatic heterocycles. The zero-order valence-electron chi connectivity index (χ0n) is 12.0. The molecule has 104 valence electrons. The van der Waals surface area contributed by atoms with Crippen LogP contribution < -0.4 is 29.6 Å². The fraction of sp³-hybridized carbons (Fsp3) is 0.267. The Morgan fingerprint density at radius 1 is 1.10 bits per heavy atom. The average molecular weight is 302 g/mol. The van der Waals surface area contributed by atoms with E-state index in [1.165, 1.54) is 18.9 Å². The van der Waals surface area contributed by atoms with E-state index in [-0.39, 0.29) is 34.5 Å². The molecule has 0 heterocycles. The van der Waals surface area contributed by atoms with Crippen LogP contribution in [0.1, 0.15) is 26.2 Å². The van der Waals surface area contributed by atoms with E-state index in [1.807, 2.05) is 6.07 Å². The first-order chi connectivity index (χ1) is 9.00. The zero-order valence-corrected chi connectivity index (χ0v) is 14.9. The van der Waals surface area contributed by atoms with Gasteiger partial charge in [0.1, 0.15) is 4.90 Å². The molecule has 3 nitrogen and oxygen atoms in total. The van der Waals surface area contributed by atoms with Gasteiger partial charge in [0, 0.05) is 5.39 Å². The molecule has 0 atom stereocenters. The summed E-state index contributed by atoms with van der Waals surface area (Å²) in [6, 6.07) is 11.8. The number of rotatable bonds is 3. The van der Waals surface area contributed by atoms with Gasteiger partial charge in [-0.15, -0.1) is 0 Å². The number of fused-ring (bicyclic) bond motifs is 1. The van der Waals surface area contributed by atoms with Gasteiger partial charge in [-0.25, -0.2) is 0 Å². The van der Waals surface area contributed by atoms with Crippen LogP contribution in [-0.2, 0) is 10.1 Å². The van der Waals surface area contributed by atoms with Gasteiger partial charge in [-0.2, -0.15) is 14.8 Å². The first-order valence-electron chi connectivity index (χ1n) is 6.25. The van der Waals surface area contributed by atoms with Gasteiger partial charge < -0.3 is 6.92 Å². The van der Waals surface area contributed by atoms with Crippen LogP contribution in [0.5, 0.6) is 0 Å². The molecule has 0 amide bonds. The maximum atomic E-state index is 11.0. The molecule has 0 saturated carbocycles. The second-order valence-electron chi connectivity index (χ2n) is 4.16. The summed E-state index contributed by atoms with van der Waals surface area (Å²) < 4.78 is 31.0. The van der Waals surface area contributed by atoms with E-state index in [0.717, 1.165) is 11.8 Å². The first kappa shape index (κ1) is 19.6. The minimum Gasteiger partial charge on any atom is -0.343 e. The number of hydrogen-bond donors (Lipinski definition) is 1. The van der Waals surface area contributed by atoms with Crippen molar-refractivity contribution >= 4 is 20.9 Å². The van der Waals surface area contributed by atoms with Crippen molar-refractivity contribution in [3.05, 3.63) is 49.4 Å². The second kappa shape index (κ2) is 9.53. The Bertz CT molecular complexity index is 617. The van der Waals surface area contributed by atoms with E-state index < -0.39 is 10.1 Å². The molecule has 0 radical (unpaired) electrons. The molecule has 5 heteroatoms. The smallest absolute Gasteiger partial charge is 0.343 e. The Kier molecular flexibility index (Phi) is 9.34. The average Bonchev–Trinajstić information content (AvgIpc) is 2.39. The Labute approximate surface area is 143 Å². The SMILES string of the molecule is O=S(=O)(O)c1cccc2ccccc12.[CH2-]CCCC.[Na+]. The van der Waals surface area contributed by atoms with Crippen molar-refractivity contribution in [2.45, 2.75) is 31.1 Å². The molecule has 2 aromatic rings. The topological polar surface area (TPSA) is 54.4 Å². The van der Waals surface area contributed by atoms with Crippen molar-refractivity contribution in [2.75, 3.05) is 0 Å². The summed E-state index contributed by atoms with van der Waals surface area (Å²) in [5, 5.41) is 1.33. The molecular formula is C15H19NaO3S. The number of hydrogen-bond acceptors (Lipinski definition) is 2. The molecule has 0 unspecified atom stereocenters. The van der Waals surface area contributed by atoms with Crippen LogP contribution in [-0.4, -0.2) is 13.0 Å². The summed E-state index contributed by atoms with van der Waals surface area (Å²) in [4.78, 5) is -0.0457. The Balaban J connectivity index is 0.000000526. The fourth-order valence-corrected chi connectivity index (χ4v) is 2.38. The predicted molar refractivity (Wildman–Crippen MR) is 78.6 cm³/mol. The molecule has 2 aromatic carbocycles. The molecule has 1 N–H and O–H groups in total. The van der Waals surface area contributed by atoms with E-state index >= 15 is 0 Å². The summed E-state index contributed by atoms with van der Waals surface area (Å²) in [5.74, 6) is 0. The number of benzene rings is 2. The van der Waals surface area contributed by atoms with E-state index in [0.29, 0.717) is 5.39 Å². The maximum Gasteiger partial charge on any atom is 1.00 e. The minimum atomic E-state index is -4.13. The summed E-state index contributed by atoms with van der Waals surface area (Å²) in [6.45, 7) is 5.85. The van der Waals surface area contributed by atoms with Gasteiger partial charge >= 0.3 is 29.6 Å².